The van der Waals surface area contributed by atoms with E-state index in [0.717, 1.165) is 0 Å². The van der Waals surface area contributed by atoms with Crippen LogP contribution in [-0.2, 0) is 0 Å². The summed E-state index contributed by atoms with van der Waals surface area (Å²) in [6.45, 7) is 0. The minimum atomic E-state index is -1.20. The Hall–Kier alpha value is 2.22. The van der Waals surface area contributed by atoms with Gasteiger partial charge >= 0.3 is 27.3 Å². The zero-order valence-corrected chi connectivity index (χ0v) is 10.9. The molecule has 0 heterocycles. The molecule has 0 spiro atoms. The maximum atomic E-state index is 4.87. The molecular formula is H2Cl3PPb. The van der Waals surface area contributed by atoms with Gasteiger partial charge in [-0.25, -0.2) is 0 Å². The molecule has 0 bridgehead atoms. The zero-order chi connectivity index (χ0) is 3.58. The van der Waals surface area contributed by atoms with Crippen LogP contribution in [0.1, 0.15) is 0 Å². The van der Waals surface area contributed by atoms with Crippen molar-refractivity contribution in [3.05, 3.63) is 0 Å². The van der Waals surface area contributed by atoms with Crippen LogP contribution in [0, 0.1) is 0 Å². The topological polar surface area (TPSA) is 0 Å². The molecule has 0 aromatic rings. The molecule has 0 aliphatic rings. The van der Waals surface area contributed by atoms with Crippen LogP contribution in [0.2, 0.25) is 0 Å². The molecule has 0 saturated heterocycles. The Morgan fingerprint density at radius 3 is 1.00 bits per heavy atom. The molecule has 2 radical (unpaired) electrons. The fourth-order valence-electron chi connectivity index (χ4n) is 0. The number of halogens is 3. The Kier molecular flexibility index (Phi) is 12.8. The van der Waals surface area contributed by atoms with Gasteiger partial charge in [-0.05, 0) is 0 Å². The Morgan fingerprint density at radius 1 is 1.00 bits per heavy atom. The van der Waals surface area contributed by atoms with Gasteiger partial charge in [0.25, 0.3) is 0 Å². The Bertz CT molecular complexity index is 11.6. The van der Waals surface area contributed by atoms with Gasteiger partial charge in [0.15, 0.2) is 5.98 Å². The summed E-state index contributed by atoms with van der Waals surface area (Å²) in [5, 5.41) is 0. The summed E-state index contributed by atoms with van der Waals surface area (Å²) in [6, 6.07) is 0. The van der Waals surface area contributed by atoms with E-state index < -0.39 is 5.98 Å². The Balaban J connectivity index is 0. The molecule has 0 atom stereocenters. The fourth-order valence-corrected chi connectivity index (χ4v) is 0. The summed E-state index contributed by atoms with van der Waals surface area (Å²) in [6.07, 6.45) is 0. The average molecular weight is 347 g/mol. The van der Waals surface area contributed by atoms with E-state index in [1.165, 1.54) is 0 Å². The van der Waals surface area contributed by atoms with Crippen LogP contribution in [0.5, 0.6) is 0 Å². The Labute approximate surface area is 66.4 Å². The van der Waals surface area contributed by atoms with Crippen molar-refractivity contribution < 1.29 is 0 Å². The molecule has 0 aliphatic carbocycles. The summed E-state index contributed by atoms with van der Waals surface area (Å²) < 4.78 is 0. The molecule has 0 rings (SSSR count). The molecule has 0 nitrogen and oxygen atoms in total. The molecule has 0 N–H and O–H groups in total. The first kappa shape index (κ1) is 10.3. The third-order valence-corrected chi connectivity index (χ3v) is 0. The van der Waals surface area contributed by atoms with Crippen molar-refractivity contribution >= 4 is 67.0 Å². The number of hydrogen-bond donors (Lipinski definition) is 0. The average Bonchev–Trinajstić information content (AvgIpc) is 0.811. The second-order valence-electron chi connectivity index (χ2n) is 0.192. The first-order valence-corrected chi connectivity index (χ1v) is 4.56. The quantitative estimate of drug-likeness (QED) is 0.465. The summed E-state index contributed by atoms with van der Waals surface area (Å²) in [5.74, 6) is -1.20. The first-order valence-electron chi connectivity index (χ1n) is 0.507. The normalized spacial score (nSPS) is 7.20. The molecule has 32 valence electrons. The zero-order valence-electron chi connectivity index (χ0n) is 2.29. The van der Waals surface area contributed by atoms with E-state index in [0.29, 0.717) is 0 Å². The molecule has 0 fully saturated rings. The van der Waals surface area contributed by atoms with Crippen molar-refractivity contribution in [2.45, 2.75) is 0 Å². The van der Waals surface area contributed by atoms with E-state index in [9.17, 15) is 0 Å². The van der Waals surface area contributed by atoms with E-state index in [-0.39, 0.29) is 27.3 Å². The SMILES string of the molecule is ClP(Cl)Cl.[PbH2]. The summed E-state index contributed by atoms with van der Waals surface area (Å²) in [7, 11) is 0. The molecule has 0 aromatic heterocycles. The standard InChI is InChI=1S/Cl3P.Pb.2H/c1-4(2)3;;;. The van der Waals surface area contributed by atoms with Crippen LogP contribution in [0.3, 0.4) is 0 Å². The number of hydrogen-bond acceptors (Lipinski definition) is 0. The van der Waals surface area contributed by atoms with Gasteiger partial charge in [0.2, 0.25) is 0 Å². The van der Waals surface area contributed by atoms with Gasteiger partial charge in [0.05, 0.1) is 0 Å². The molecular weight excluding hydrogens is 345 g/mol. The molecule has 5 heteroatoms. The van der Waals surface area contributed by atoms with Crippen molar-refractivity contribution in [3.63, 3.8) is 0 Å². The van der Waals surface area contributed by atoms with Crippen LogP contribution in [0.15, 0.2) is 0 Å². The predicted molar refractivity (Wildman–Crippen MR) is 33.0 cm³/mol. The van der Waals surface area contributed by atoms with Crippen LogP contribution in [0.4, 0.5) is 0 Å². The second kappa shape index (κ2) is 6.22. The van der Waals surface area contributed by atoms with Gasteiger partial charge in [-0.1, -0.05) is 33.7 Å². The van der Waals surface area contributed by atoms with Gasteiger partial charge in [0.1, 0.15) is 0 Å². The van der Waals surface area contributed by atoms with Crippen molar-refractivity contribution in [2.75, 3.05) is 0 Å². The summed E-state index contributed by atoms with van der Waals surface area (Å²) in [5.41, 5.74) is 0. The Morgan fingerprint density at radius 2 is 1.00 bits per heavy atom. The molecule has 0 aliphatic heterocycles. The van der Waals surface area contributed by atoms with Crippen LogP contribution in [0.25, 0.3) is 0 Å². The second-order valence-corrected chi connectivity index (χ2v) is 5.17. The van der Waals surface area contributed by atoms with Gasteiger partial charge in [-0.3, -0.25) is 0 Å². The summed E-state index contributed by atoms with van der Waals surface area (Å²) >= 11 is 14.6. The third kappa shape index (κ3) is 22.5. The molecule has 0 saturated carbocycles. The third-order valence-electron chi connectivity index (χ3n) is 0. The van der Waals surface area contributed by atoms with E-state index in [4.69, 9.17) is 33.7 Å². The number of rotatable bonds is 0. The molecule has 5 heavy (non-hydrogen) atoms. The van der Waals surface area contributed by atoms with E-state index in [1.807, 2.05) is 0 Å². The molecule has 0 amide bonds. The van der Waals surface area contributed by atoms with E-state index in [1.54, 1.807) is 0 Å². The van der Waals surface area contributed by atoms with E-state index >= 15 is 0 Å². The van der Waals surface area contributed by atoms with Gasteiger partial charge in [-0.15, -0.1) is 0 Å². The monoisotopic (exact) mass is 346 g/mol. The summed E-state index contributed by atoms with van der Waals surface area (Å²) in [4.78, 5) is 0. The van der Waals surface area contributed by atoms with Crippen molar-refractivity contribution in [2.24, 2.45) is 0 Å². The van der Waals surface area contributed by atoms with E-state index in [2.05, 4.69) is 0 Å². The minimum absolute atomic E-state index is 0. The molecule has 0 aromatic carbocycles. The first-order chi connectivity index (χ1) is 1.73. The molecule has 0 unspecified atom stereocenters. The van der Waals surface area contributed by atoms with Gasteiger partial charge in [0, 0.05) is 0 Å². The van der Waals surface area contributed by atoms with Gasteiger partial charge < -0.3 is 0 Å². The van der Waals surface area contributed by atoms with Crippen LogP contribution < -0.4 is 0 Å². The van der Waals surface area contributed by atoms with Crippen LogP contribution in [-0.4, -0.2) is 27.3 Å². The van der Waals surface area contributed by atoms with Crippen molar-refractivity contribution in [3.8, 4) is 0 Å². The predicted octanol–water partition coefficient (Wildman–Crippen LogP) is 2.01. The van der Waals surface area contributed by atoms with Crippen molar-refractivity contribution in [1.29, 1.82) is 0 Å². The van der Waals surface area contributed by atoms with Gasteiger partial charge in [-0.2, -0.15) is 0 Å². The van der Waals surface area contributed by atoms with Crippen molar-refractivity contribution in [1.82, 2.24) is 0 Å². The maximum absolute atomic E-state index is 4.87. The fraction of sp³-hybridized carbons (Fsp3) is 0. The van der Waals surface area contributed by atoms with Crippen LogP contribution >= 0.6 is 39.7 Å².